The number of ether oxygens (including phenoxy) is 1. The van der Waals surface area contributed by atoms with Crippen LogP contribution in [0, 0.1) is 0 Å². The minimum Gasteiger partial charge on any atom is -0.487 e. The highest BCUT2D eigenvalue weighted by Crippen LogP contribution is 2.24. The molecule has 0 amide bonds. The fraction of sp³-hybridized carbons (Fsp3) is 0.357. The molecule has 1 aromatic carbocycles. The predicted molar refractivity (Wildman–Crippen MR) is 76.3 cm³/mol. The maximum Gasteiger partial charge on any atom is 0.132 e. The maximum atomic E-state index is 6.01. The number of rotatable bonds is 5. The third-order valence-corrected chi connectivity index (χ3v) is 2.94. The first-order chi connectivity index (χ1) is 9.04. The Hall–Kier alpha value is -1.52. The Bertz CT molecular complexity index is 551. The van der Waals surface area contributed by atoms with Crippen LogP contribution >= 0.6 is 11.6 Å². The van der Waals surface area contributed by atoms with Crippen molar-refractivity contribution in [3.05, 3.63) is 46.7 Å². The second kappa shape index (κ2) is 6.08. The van der Waals surface area contributed by atoms with Gasteiger partial charge in [0.1, 0.15) is 12.4 Å². The van der Waals surface area contributed by atoms with E-state index in [9.17, 15) is 0 Å². The zero-order valence-corrected chi connectivity index (χ0v) is 11.9. The van der Waals surface area contributed by atoms with Gasteiger partial charge in [0, 0.05) is 24.3 Å². The van der Waals surface area contributed by atoms with E-state index in [1.807, 2.05) is 44.4 Å². The van der Waals surface area contributed by atoms with Crippen molar-refractivity contribution in [1.82, 2.24) is 9.78 Å². The fourth-order valence-electron chi connectivity index (χ4n) is 1.89. The number of hydrogen-bond donors (Lipinski definition) is 1. The van der Waals surface area contributed by atoms with E-state index in [2.05, 4.69) is 5.10 Å². The lowest BCUT2D eigenvalue weighted by Crippen LogP contribution is -2.18. The Balaban J connectivity index is 2.10. The summed E-state index contributed by atoms with van der Waals surface area (Å²) in [5.74, 6) is 0.812. The van der Waals surface area contributed by atoms with Crippen molar-refractivity contribution < 1.29 is 4.74 Å². The van der Waals surface area contributed by atoms with Gasteiger partial charge in [0.05, 0.1) is 5.69 Å². The fourth-order valence-corrected chi connectivity index (χ4v) is 2.08. The summed E-state index contributed by atoms with van der Waals surface area (Å²) in [6.45, 7) is 2.40. The first kappa shape index (κ1) is 13.9. The monoisotopic (exact) mass is 279 g/mol. The van der Waals surface area contributed by atoms with Gasteiger partial charge in [0.25, 0.3) is 0 Å². The Morgan fingerprint density at radius 1 is 1.42 bits per heavy atom. The molecule has 2 rings (SSSR count). The van der Waals surface area contributed by atoms with Gasteiger partial charge in [0.2, 0.25) is 0 Å². The topological polar surface area (TPSA) is 53.1 Å². The highest BCUT2D eigenvalue weighted by atomic mass is 35.5. The van der Waals surface area contributed by atoms with Gasteiger partial charge < -0.3 is 10.5 Å². The molecule has 0 saturated heterocycles. The van der Waals surface area contributed by atoms with Crippen LogP contribution in [-0.2, 0) is 20.1 Å². The normalized spacial score (nSPS) is 12.4. The maximum absolute atomic E-state index is 6.01. The molecule has 0 saturated carbocycles. The lowest BCUT2D eigenvalue weighted by Gasteiger charge is -2.13. The van der Waals surface area contributed by atoms with Gasteiger partial charge >= 0.3 is 0 Å². The quantitative estimate of drug-likeness (QED) is 0.915. The summed E-state index contributed by atoms with van der Waals surface area (Å²) >= 11 is 6.01. The van der Waals surface area contributed by atoms with E-state index in [1.54, 1.807) is 4.68 Å². The third-order valence-electron chi connectivity index (χ3n) is 2.71. The minimum atomic E-state index is 0.0654. The number of benzene rings is 1. The lowest BCUT2D eigenvalue weighted by atomic mass is 10.1. The molecule has 5 heteroatoms. The van der Waals surface area contributed by atoms with Gasteiger partial charge in [-0.25, -0.2) is 0 Å². The number of aryl methyl sites for hydroxylation is 1. The summed E-state index contributed by atoms with van der Waals surface area (Å²) < 4.78 is 7.56. The van der Waals surface area contributed by atoms with Crippen LogP contribution in [0.1, 0.15) is 18.2 Å². The summed E-state index contributed by atoms with van der Waals surface area (Å²) in [7, 11) is 1.88. The van der Waals surface area contributed by atoms with E-state index >= 15 is 0 Å². The zero-order valence-electron chi connectivity index (χ0n) is 11.1. The van der Waals surface area contributed by atoms with Crippen LogP contribution in [0.15, 0.2) is 30.5 Å². The summed E-state index contributed by atoms with van der Waals surface area (Å²) in [6, 6.07) is 7.60. The van der Waals surface area contributed by atoms with Gasteiger partial charge in [-0.15, -0.1) is 0 Å². The zero-order chi connectivity index (χ0) is 13.8. The van der Waals surface area contributed by atoms with E-state index in [-0.39, 0.29) is 6.04 Å². The molecule has 1 heterocycles. The SMILES string of the molecule is CC(N)Cc1cc(Cl)ccc1OCc1ccn(C)n1. The number of nitrogens with two attached hydrogens (primary N) is 1. The molecule has 1 aromatic heterocycles. The van der Waals surface area contributed by atoms with Crippen LogP contribution in [0.2, 0.25) is 5.02 Å². The number of aromatic nitrogens is 2. The molecule has 2 N–H and O–H groups in total. The molecule has 102 valence electrons. The van der Waals surface area contributed by atoms with E-state index in [4.69, 9.17) is 22.1 Å². The third kappa shape index (κ3) is 3.98. The van der Waals surface area contributed by atoms with E-state index in [0.717, 1.165) is 23.4 Å². The molecule has 0 radical (unpaired) electrons. The van der Waals surface area contributed by atoms with Crippen molar-refractivity contribution in [2.24, 2.45) is 12.8 Å². The molecule has 0 fully saturated rings. The first-order valence-electron chi connectivity index (χ1n) is 6.20. The summed E-state index contributed by atoms with van der Waals surface area (Å²) in [5, 5.41) is 4.97. The molecule has 0 aliphatic carbocycles. The van der Waals surface area contributed by atoms with Crippen molar-refractivity contribution in [3.63, 3.8) is 0 Å². The van der Waals surface area contributed by atoms with Crippen molar-refractivity contribution in [1.29, 1.82) is 0 Å². The Morgan fingerprint density at radius 2 is 2.21 bits per heavy atom. The summed E-state index contributed by atoms with van der Waals surface area (Å²) in [4.78, 5) is 0. The Morgan fingerprint density at radius 3 is 2.84 bits per heavy atom. The molecule has 0 aliphatic rings. The first-order valence-corrected chi connectivity index (χ1v) is 6.57. The van der Waals surface area contributed by atoms with Crippen LogP contribution in [0.25, 0.3) is 0 Å². The molecular formula is C14H18ClN3O. The average Bonchev–Trinajstić information content (AvgIpc) is 2.73. The second-order valence-electron chi connectivity index (χ2n) is 4.70. The summed E-state index contributed by atoms with van der Waals surface area (Å²) in [6.07, 6.45) is 2.63. The molecular weight excluding hydrogens is 262 g/mol. The van der Waals surface area contributed by atoms with E-state index in [1.165, 1.54) is 0 Å². The molecule has 0 spiro atoms. The summed E-state index contributed by atoms with van der Waals surface area (Å²) in [5.41, 5.74) is 7.76. The van der Waals surface area contributed by atoms with Gasteiger partial charge in [-0.05, 0) is 43.2 Å². The molecule has 19 heavy (non-hydrogen) atoms. The lowest BCUT2D eigenvalue weighted by molar-refractivity contribution is 0.296. The Kier molecular flexibility index (Phi) is 4.45. The minimum absolute atomic E-state index is 0.0654. The van der Waals surface area contributed by atoms with Gasteiger partial charge in [-0.3, -0.25) is 4.68 Å². The highest BCUT2D eigenvalue weighted by Gasteiger charge is 2.08. The number of nitrogens with zero attached hydrogens (tertiary/aromatic N) is 2. The van der Waals surface area contributed by atoms with Gasteiger partial charge in [-0.1, -0.05) is 11.6 Å². The van der Waals surface area contributed by atoms with Crippen molar-refractivity contribution >= 4 is 11.6 Å². The average molecular weight is 280 g/mol. The molecule has 0 bridgehead atoms. The van der Waals surface area contributed by atoms with Crippen molar-refractivity contribution in [2.75, 3.05) is 0 Å². The van der Waals surface area contributed by atoms with E-state index < -0.39 is 0 Å². The standard InChI is InChI=1S/C14H18ClN3O/c1-10(16)7-11-8-12(15)3-4-14(11)19-9-13-5-6-18(2)17-13/h3-6,8,10H,7,9,16H2,1-2H3. The molecule has 1 unspecified atom stereocenters. The highest BCUT2D eigenvalue weighted by molar-refractivity contribution is 6.30. The predicted octanol–water partition coefficient (Wildman–Crippen LogP) is 2.54. The molecule has 1 atom stereocenters. The Labute approximate surface area is 118 Å². The molecule has 4 nitrogen and oxygen atoms in total. The van der Waals surface area contributed by atoms with Crippen LogP contribution in [0.4, 0.5) is 0 Å². The van der Waals surface area contributed by atoms with Crippen LogP contribution in [0.3, 0.4) is 0 Å². The van der Waals surface area contributed by atoms with Crippen LogP contribution < -0.4 is 10.5 Å². The number of hydrogen-bond acceptors (Lipinski definition) is 3. The van der Waals surface area contributed by atoms with Gasteiger partial charge in [-0.2, -0.15) is 5.10 Å². The smallest absolute Gasteiger partial charge is 0.132 e. The molecule has 2 aromatic rings. The van der Waals surface area contributed by atoms with Crippen molar-refractivity contribution in [3.8, 4) is 5.75 Å². The van der Waals surface area contributed by atoms with Gasteiger partial charge in [0.15, 0.2) is 0 Å². The largest absolute Gasteiger partial charge is 0.487 e. The second-order valence-corrected chi connectivity index (χ2v) is 5.14. The number of halogens is 1. The van der Waals surface area contributed by atoms with Crippen molar-refractivity contribution in [2.45, 2.75) is 26.0 Å². The van der Waals surface area contributed by atoms with E-state index in [0.29, 0.717) is 11.6 Å². The van der Waals surface area contributed by atoms with Crippen LogP contribution in [0.5, 0.6) is 5.75 Å². The van der Waals surface area contributed by atoms with Crippen LogP contribution in [-0.4, -0.2) is 15.8 Å². The molecule has 0 aliphatic heterocycles.